The van der Waals surface area contributed by atoms with Crippen LogP contribution in [0.2, 0.25) is 0 Å². The zero-order chi connectivity index (χ0) is 7.66. The van der Waals surface area contributed by atoms with Crippen molar-refractivity contribution in [3.05, 3.63) is 0 Å². The van der Waals surface area contributed by atoms with E-state index < -0.39 is 0 Å². The Morgan fingerprint density at radius 1 is 1.20 bits per heavy atom. The fourth-order valence-corrected chi connectivity index (χ4v) is 0.633. The fourth-order valence-electron chi connectivity index (χ4n) is 0.633. The highest BCUT2D eigenvalue weighted by molar-refractivity contribution is 4.47. The van der Waals surface area contributed by atoms with E-state index >= 15 is 0 Å². The lowest BCUT2D eigenvalue weighted by Gasteiger charge is -2.01. The van der Waals surface area contributed by atoms with Gasteiger partial charge >= 0.3 is 0 Å². The molecule has 0 spiro atoms. The summed E-state index contributed by atoms with van der Waals surface area (Å²) in [5.74, 6) is 4.82. The van der Waals surface area contributed by atoms with Gasteiger partial charge in [-0.1, -0.05) is 0 Å². The van der Waals surface area contributed by atoms with Gasteiger partial charge in [-0.3, -0.25) is 0 Å². The second-order valence-corrected chi connectivity index (χ2v) is 2.12. The van der Waals surface area contributed by atoms with Crippen LogP contribution in [0.25, 0.3) is 0 Å². The van der Waals surface area contributed by atoms with E-state index in [1.165, 1.54) is 0 Å². The molecule has 10 heavy (non-hydrogen) atoms. The minimum atomic E-state index is 0.621. The molecule has 0 aromatic rings. The third-order valence-electron chi connectivity index (χ3n) is 1.17. The van der Waals surface area contributed by atoms with Gasteiger partial charge in [0.05, 0.1) is 6.61 Å². The van der Waals surface area contributed by atoms with E-state index in [0.29, 0.717) is 6.61 Å². The molecule has 0 atom stereocenters. The van der Waals surface area contributed by atoms with Crippen molar-refractivity contribution in [2.24, 2.45) is 11.6 Å². The van der Waals surface area contributed by atoms with Crippen LogP contribution in [-0.4, -0.2) is 26.2 Å². The predicted octanol–water partition coefficient (Wildman–Crippen LogP) is -0.795. The summed E-state index contributed by atoms with van der Waals surface area (Å²) in [7, 11) is 0. The molecule has 0 heterocycles. The number of nitrogens with one attached hydrogen (secondary N) is 1. The van der Waals surface area contributed by atoms with Gasteiger partial charge in [-0.25, -0.2) is 5.90 Å². The lowest BCUT2D eigenvalue weighted by Crippen LogP contribution is -2.20. The molecule has 62 valence electrons. The third kappa shape index (κ3) is 7.84. The molecule has 0 unspecified atom stereocenters. The van der Waals surface area contributed by atoms with Crippen LogP contribution >= 0.6 is 0 Å². The normalized spacial score (nSPS) is 10.2. The number of rotatable bonds is 7. The van der Waals surface area contributed by atoms with Crippen LogP contribution in [0.3, 0.4) is 0 Å². The molecule has 0 fully saturated rings. The molecule has 0 saturated carbocycles. The van der Waals surface area contributed by atoms with Gasteiger partial charge in [0.15, 0.2) is 0 Å². The highest BCUT2D eigenvalue weighted by atomic mass is 16.6. The van der Waals surface area contributed by atoms with Gasteiger partial charge in [-0.15, -0.1) is 0 Å². The smallest absolute Gasteiger partial charge is 0.0691 e. The van der Waals surface area contributed by atoms with E-state index in [-0.39, 0.29) is 0 Å². The van der Waals surface area contributed by atoms with Gasteiger partial charge in [-0.05, 0) is 32.5 Å². The number of nitrogens with two attached hydrogens (primary N) is 2. The molecule has 0 aliphatic carbocycles. The molecule has 0 amide bonds. The van der Waals surface area contributed by atoms with E-state index in [1.807, 2.05) is 0 Å². The van der Waals surface area contributed by atoms with Crippen molar-refractivity contribution >= 4 is 0 Å². The van der Waals surface area contributed by atoms with Crippen molar-refractivity contribution in [3.8, 4) is 0 Å². The second kappa shape index (κ2) is 8.84. The molecule has 0 bridgehead atoms. The summed E-state index contributed by atoms with van der Waals surface area (Å²) in [5.41, 5.74) is 5.28. The Morgan fingerprint density at radius 3 is 2.50 bits per heavy atom. The van der Waals surface area contributed by atoms with Crippen LogP contribution in [0, 0.1) is 0 Å². The van der Waals surface area contributed by atoms with E-state index in [2.05, 4.69) is 10.2 Å². The Morgan fingerprint density at radius 2 is 1.90 bits per heavy atom. The summed E-state index contributed by atoms with van der Waals surface area (Å²) in [6.45, 7) is 3.31. The largest absolute Gasteiger partial charge is 0.330 e. The summed E-state index contributed by atoms with van der Waals surface area (Å²) in [6.07, 6.45) is 1.99. The first-order chi connectivity index (χ1) is 4.91. The molecular formula is C6H17N3O. The minimum Gasteiger partial charge on any atom is -0.330 e. The van der Waals surface area contributed by atoms with Gasteiger partial charge < -0.3 is 15.9 Å². The van der Waals surface area contributed by atoms with Crippen molar-refractivity contribution in [2.75, 3.05) is 26.2 Å². The van der Waals surface area contributed by atoms with E-state index in [9.17, 15) is 0 Å². The first kappa shape index (κ1) is 9.84. The van der Waals surface area contributed by atoms with Crippen LogP contribution < -0.4 is 16.9 Å². The first-order valence-corrected chi connectivity index (χ1v) is 3.64. The maximum atomic E-state index is 5.28. The molecule has 0 aromatic carbocycles. The van der Waals surface area contributed by atoms with E-state index in [0.717, 1.165) is 32.5 Å². The summed E-state index contributed by atoms with van der Waals surface area (Å²) < 4.78 is 0. The van der Waals surface area contributed by atoms with Crippen molar-refractivity contribution in [1.29, 1.82) is 0 Å². The molecular weight excluding hydrogens is 130 g/mol. The molecule has 0 radical (unpaired) electrons. The third-order valence-corrected chi connectivity index (χ3v) is 1.17. The van der Waals surface area contributed by atoms with E-state index in [1.54, 1.807) is 0 Å². The zero-order valence-corrected chi connectivity index (χ0v) is 6.31. The van der Waals surface area contributed by atoms with Crippen LogP contribution in [0.1, 0.15) is 12.8 Å². The summed E-state index contributed by atoms with van der Waals surface area (Å²) in [4.78, 5) is 4.38. The topological polar surface area (TPSA) is 73.3 Å². The minimum absolute atomic E-state index is 0.621. The average Bonchev–Trinajstić information content (AvgIpc) is 1.97. The van der Waals surface area contributed by atoms with Gasteiger partial charge in [0, 0.05) is 0 Å². The van der Waals surface area contributed by atoms with Crippen LogP contribution in [-0.2, 0) is 4.84 Å². The Labute approximate surface area is 61.9 Å². The summed E-state index contributed by atoms with van der Waals surface area (Å²) in [6, 6.07) is 0. The molecule has 4 heteroatoms. The highest BCUT2D eigenvalue weighted by Crippen LogP contribution is 1.75. The van der Waals surface area contributed by atoms with Gasteiger partial charge in [0.25, 0.3) is 0 Å². The first-order valence-electron chi connectivity index (χ1n) is 3.64. The van der Waals surface area contributed by atoms with Crippen molar-refractivity contribution < 1.29 is 4.84 Å². The monoisotopic (exact) mass is 147 g/mol. The second-order valence-electron chi connectivity index (χ2n) is 2.12. The Kier molecular flexibility index (Phi) is 8.70. The Bertz CT molecular complexity index is 53.0. The maximum absolute atomic E-state index is 5.28. The van der Waals surface area contributed by atoms with Crippen molar-refractivity contribution in [1.82, 2.24) is 5.32 Å². The van der Waals surface area contributed by atoms with Crippen LogP contribution in [0.4, 0.5) is 0 Å². The number of hydrogen-bond acceptors (Lipinski definition) is 4. The van der Waals surface area contributed by atoms with Gasteiger partial charge in [0.2, 0.25) is 0 Å². The summed E-state index contributed by atoms with van der Waals surface area (Å²) in [5, 5.41) is 3.21. The molecule has 0 saturated heterocycles. The Balaban J connectivity index is 2.65. The van der Waals surface area contributed by atoms with Gasteiger partial charge in [0.1, 0.15) is 0 Å². The van der Waals surface area contributed by atoms with E-state index in [4.69, 9.17) is 11.6 Å². The lowest BCUT2D eigenvalue weighted by molar-refractivity contribution is 0.135. The quantitative estimate of drug-likeness (QED) is 0.326. The zero-order valence-electron chi connectivity index (χ0n) is 6.31. The predicted molar refractivity (Wildman–Crippen MR) is 41.3 cm³/mol. The molecule has 0 rings (SSSR count). The Hall–Kier alpha value is -0.160. The van der Waals surface area contributed by atoms with Crippen molar-refractivity contribution in [2.45, 2.75) is 12.8 Å². The summed E-state index contributed by atoms with van der Waals surface area (Å²) >= 11 is 0. The molecule has 4 nitrogen and oxygen atoms in total. The molecule has 5 N–H and O–H groups in total. The number of hydrogen-bond donors (Lipinski definition) is 3. The SMILES string of the molecule is NCCCNCCCON. The molecule has 0 aliphatic rings. The van der Waals surface area contributed by atoms with Gasteiger partial charge in [-0.2, -0.15) is 0 Å². The lowest BCUT2D eigenvalue weighted by atomic mass is 10.4. The molecule has 0 aliphatic heterocycles. The average molecular weight is 147 g/mol. The van der Waals surface area contributed by atoms with Crippen LogP contribution in [0.5, 0.6) is 0 Å². The standard InChI is InChI=1S/C6H17N3O/c7-3-1-4-9-5-2-6-10-8/h9H,1-8H2. The van der Waals surface area contributed by atoms with Crippen LogP contribution in [0.15, 0.2) is 0 Å². The maximum Gasteiger partial charge on any atom is 0.0691 e. The van der Waals surface area contributed by atoms with Crippen molar-refractivity contribution in [3.63, 3.8) is 0 Å². The fraction of sp³-hybridized carbons (Fsp3) is 1.00. The highest BCUT2D eigenvalue weighted by Gasteiger charge is 1.85. The molecule has 0 aromatic heterocycles.